The van der Waals surface area contributed by atoms with Crippen molar-refractivity contribution in [2.45, 2.75) is 64.1 Å². The Kier molecular flexibility index (Phi) is 8.36. The number of amides is 2. The van der Waals surface area contributed by atoms with Crippen LogP contribution in [0.15, 0.2) is 36.4 Å². The third kappa shape index (κ3) is 6.36. The summed E-state index contributed by atoms with van der Waals surface area (Å²) < 4.78 is 5.11. The molecule has 2 rings (SSSR count). The topological polar surface area (TPSA) is 119 Å². The van der Waals surface area contributed by atoms with Gasteiger partial charge < -0.3 is 30.3 Å². The van der Waals surface area contributed by atoms with Crippen LogP contribution in [0.3, 0.4) is 0 Å². The van der Waals surface area contributed by atoms with Gasteiger partial charge in [-0.05, 0) is 29.9 Å². The van der Waals surface area contributed by atoms with Crippen molar-refractivity contribution in [1.82, 2.24) is 5.32 Å². The summed E-state index contributed by atoms with van der Waals surface area (Å²) in [6.07, 6.45) is -2.14. The number of carbonyl (C=O) groups is 2. The van der Waals surface area contributed by atoms with Crippen molar-refractivity contribution in [3.05, 3.63) is 42.0 Å². The van der Waals surface area contributed by atoms with Gasteiger partial charge in [0.25, 0.3) is 5.91 Å². The molecule has 1 aliphatic rings. The summed E-state index contributed by atoms with van der Waals surface area (Å²) >= 11 is 0. The molecule has 0 spiro atoms. The molecule has 8 nitrogen and oxygen atoms in total. The zero-order chi connectivity index (χ0) is 23.3. The molecular weight excluding hydrogens is 400 g/mol. The standard InChI is InChI=1S/C23H34N2O6/c1-23(2,3)13-12-17(26)18(27)19(28)20(31-5)21(29)24-15-11-10-14-8-6-7-9-16(14)25(4)22(15)30/h6-9,12-13,15,17-20,26-28H,10-11H2,1-5H3,(H,24,29)/b13-12+/t15?,17-,18?,19?,20-/m1/s1. The molecule has 1 aliphatic heterocycles. The number of likely N-dealkylation sites (N-methyl/N-ethyl adjacent to an activating group) is 1. The van der Waals surface area contributed by atoms with E-state index in [4.69, 9.17) is 4.74 Å². The monoisotopic (exact) mass is 434 g/mol. The summed E-state index contributed by atoms with van der Waals surface area (Å²) in [5, 5.41) is 33.6. The average molecular weight is 435 g/mol. The van der Waals surface area contributed by atoms with Crippen LogP contribution in [-0.2, 0) is 20.7 Å². The molecule has 0 aliphatic carbocycles. The number of hydrogen-bond donors (Lipinski definition) is 4. The molecule has 4 N–H and O–H groups in total. The Morgan fingerprint density at radius 2 is 1.87 bits per heavy atom. The van der Waals surface area contributed by atoms with Crippen LogP contribution in [-0.4, -0.2) is 71.7 Å². The lowest BCUT2D eigenvalue weighted by Gasteiger charge is -2.29. The highest BCUT2D eigenvalue weighted by atomic mass is 16.5. The molecule has 5 atom stereocenters. The van der Waals surface area contributed by atoms with Crippen molar-refractivity contribution in [3.63, 3.8) is 0 Å². The zero-order valence-corrected chi connectivity index (χ0v) is 18.8. The number of nitrogens with zero attached hydrogens (tertiary/aromatic N) is 1. The highest BCUT2D eigenvalue weighted by Crippen LogP contribution is 2.26. The lowest BCUT2D eigenvalue weighted by atomic mass is 9.94. The fourth-order valence-corrected chi connectivity index (χ4v) is 3.50. The first-order chi connectivity index (χ1) is 14.5. The second kappa shape index (κ2) is 10.4. The van der Waals surface area contributed by atoms with Crippen molar-refractivity contribution >= 4 is 17.5 Å². The molecule has 0 bridgehead atoms. The van der Waals surface area contributed by atoms with E-state index >= 15 is 0 Å². The van der Waals surface area contributed by atoms with Gasteiger partial charge in [0.15, 0.2) is 6.10 Å². The highest BCUT2D eigenvalue weighted by Gasteiger charge is 2.38. The van der Waals surface area contributed by atoms with E-state index in [1.165, 1.54) is 18.1 Å². The molecule has 1 heterocycles. The molecule has 0 fully saturated rings. The summed E-state index contributed by atoms with van der Waals surface area (Å²) in [4.78, 5) is 27.1. The zero-order valence-electron chi connectivity index (χ0n) is 18.8. The summed E-state index contributed by atoms with van der Waals surface area (Å²) in [6, 6.07) is 6.72. The van der Waals surface area contributed by atoms with Crippen molar-refractivity contribution in [2.75, 3.05) is 19.1 Å². The first-order valence-corrected chi connectivity index (χ1v) is 10.4. The van der Waals surface area contributed by atoms with E-state index in [0.717, 1.165) is 11.3 Å². The number of anilines is 1. The number of allylic oxidation sites excluding steroid dienone is 1. The van der Waals surface area contributed by atoms with Gasteiger partial charge in [-0.1, -0.05) is 51.1 Å². The molecular formula is C23H34N2O6. The van der Waals surface area contributed by atoms with Crippen molar-refractivity contribution < 1.29 is 29.6 Å². The van der Waals surface area contributed by atoms with Gasteiger partial charge in [-0.2, -0.15) is 0 Å². The normalized spacial score (nSPS) is 21.2. The number of aliphatic hydroxyl groups excluding tert-OH is 3. The Labute approximate surface area is 183 Å². The van der Waals surface area contributed by atoms with Gasteiger partial charge in [0, 0.05) is 19.8 Å². The maximum Gasteiger partial charge on any atom is 0.252 e. The predicted molar refractivity (Wildman–Crippen MR) is 118 cm³/mol. The number of aliphatic hydroxyl groups is 3. The Hall–Kier alpha value is -2.26. The number of aryl methyl sites for hydroxylation is 1. The number of rotatable bonds is 7. The van der Waals surface area contributed by atoms with Crippen LogP contribution in [0.25, 0.3) is 0 Å². The van der Waals surface area contributed by atoms with Gasteiger partial charge in [0.2, 0.25) is 5.91 Å². The van der Waals surface area contributed by atoms with E-state index in [9.17, 15) is 24.9 Å². The van der Waals surface area contributed by atoms with E-state index in [1.807, 2.05) is 45.0 Å². The SMILES string of the molecule is CO[C@@H](C(=O)NC1CCc2ccccc2N(C)C1=O)C(O)C(O)[C@H](O)/C=C/C(C)(C)C. The van der Waals surface area contributed by atoms with E-state index in [-0.39, 0.29) is 11.3 Å². The second-order valence-corrected chi connectivity index (χ2v) is 8.98. The molecule has 1 aromatic rings. The largest absolute Gasteiger partial charge is 0.387 e. The van der Waals surface area contributed by atoms with Crippen LogP contribution < -0.4 is 10.2 Å². The van der Waals surface area contributed by atoms with Crippen molar-refractivity contribution in [2.24, 2.45) is 5.41 Å². The molecule has 172 valence electrons. The molecule has 8 heteroatoms. The Balaban J connectivity index is 2.08. The minimum absolute atomic E-state index is 0.229. The minimum Gasteiger partial charge on any atom is -0.387 e. The maximum atomic E-state index is 12.9. The van der Waals surface area contributed by atoms with Gasteiger partial charge in [-0.25, -0.2) is 0 Å². The fraction of sp³-hybridized carbons (Fsp3) is 0.565. The first kappa shape index (κ1) is 25.0. The van der Waals surface area contributed by atoms with Crippen LogP contribution in [0.4, 0.5) is 5.69 Å². The van der Waals surface area contributed by atoms with Crippen LogP contribution in [0.5, 0.6) is 0 Å². The van der Waals surface area contributed by atoms with E-state index in [1.54, 1.807) is 13.1 Å². The van der Waals surface area contributed by atoms with Crippen molar-refractivity contribution in [3.8, 4) is 0 Å². The summed E-state index contributed by atoms with van der Waals surface area (Å²) in [5.41, 5.74) is 1.56. The summed E-state index contributed by atoms with van der Waals surface area (Å²) in [6.45, 7) is 5.76. The molecule has 31 heavy (non-hydrogen) atoms. The third-order valence-electron chi connectivity index (χ3n) is 5.32. The molecule has 0 saturated heterocycles. The number of methoxy groups -OCH3 is 1. The molecule has 2 amide bonds. The van der Waals surface area contributed by atoms with Crippen LogP contribution >= 0.6 is 0 Å². The van der Waals surface area contributed by atoms with Gasteiger partial charge in [0.05, 0.1) is 0 Å². The highest BCUT2D eigenvalue weighted by molar-refractivity contribution is 6.00. The molecule has 1 aromatic carbocycles. The molecule has 0 aromatic heterocycles. The first-order valence-electron chi connectivity index (χ1n) is 10.4. The maximum absolute atomic E-state index is 12.9. The predicted octanol–water partition coefficient (Wildman–Crippen LogP) is 0.780. The van der Waals surface area contributed by atoms with E-state index in [0.29, 0.717) is 12.8 Å². The number of para-hydroxylation sites is 1. The number of nitrogens with one attached hydrogen (secondary N) is 1. The summed E-state index contributed by atoms with van der Waals surface area (Å²) in [7, 11) is 2.87. The van der Waals surface area contributed by atoms with Crippen LogP contribution in [0.1, 0.15) is 32.8 Å². The van der Waals surface area contributed by atoms with E-state index in [2.05, 4.69) is 5.32 Å². The second-order valence-electron chi connectivity index (χ2n) is 8.98. The number of benzene rings is 1. The number of carbonyl (C=O) groups excluding carboxylic acids is 2. The molecule has 0 saturated carbocycles. The van der Waals surface area contributed by atoms with Gasteiger partial charge in [-0.3, -0.25) is 9.59 Å². The smallest absolute Gasteiger partial charge is 0.252 e. The minimum atomic E-state index is -1.69. The molecule has 3 unspecified atom stereocenters. The lowest BCUT2D eigenvalue weighted by Crippen LogP contribution is -2.55. The van der Waals surface area contributed by atoms with Crippen LogP contribution in [0, 0.1) is 5.41 Å². The van der Waals surface area contributed by atoms with Crippen LogP contribution in [0.2, 0.25) is 0 Å². The number of fused-ring (bicyclic) bond motifs is 1. The quantitative estimate of drug-likeness (QED) is 0.471. The molecule has 0 radical (unpaired) electrons. The Morgan fingerprint density at radius 1 is 1.23 bits per heavy atom. The Morgan fingerprint density at radius 3 is 2.48 bits per heavy atom. The fourth-order valence-electron chi connectivity index (χ4n) is 3.50. The summed E-state index contributed by atoms with van der Waals surface area (Å²) in [5.74, 6) is -1.02. The average Bonchev–Trinajstić information content (AvgIpc) is 2.83. The lowest BCUT2D eigenvalue weighted by molar-refractivity contribution is -0.150. The van der Waals surface area contributed by atoms with Gasteiger partial charge in [-0.15, -0.1) is 0 Å². The Bertz CT molecular complexity index is 804. The third-order valence-corrected chi connectivity index (χ3v) is 5.32. The number of ether oxygens (including phenoxy) is 1. The van der Waals surface area contributed by atoms with E-state index < -0.39 is 36.4 Å². The van der Waals surface area contributed by atoms with Gasteiger partial charge in [0.1, 0.15) is 24.4 Å². The number of hydrogen-bond acceptors (Lipinski definition) is 6. The van der Waals surface area contributed by atoms with Gasteiger partial charge >= 0.3 is 0 Å². The van der Waals surface area contributed by atoms with Crippen molar-refractivity contribution in [1.29, 1.82) is 0 Å².